The molecule has 0 aromatic rings. The van der Waals surface area contributed by atoms with Crippen LogP contribution in [0.3, 0.4) is 0 Å². The zero-order valence-electron chi connectivity index (χ0n) is 12.2. The van der Waals surface area contributed by atoms with E-state index in [1.165, 1.54) is 0 Å². The van der Waals surface area contributed by atoms with E-state index < -0.39 is 11.5 Å². The van der Waals surface area contributed by atoms with Crippen LogP contribution < -0.4 is 5.32 Å². The molecule has 5 nitrogen and oxygen atoms in total. The summed E-state index contributed by atoms with van der Waals surface area (Å²) in [5.74, 6) is -0.920. The summed E-state index contributed by atoms with van der Waals surface area (Å²) in [5, 5.41) is 12.6. The molecule has 1 atom stereocenters. The van der Waals surface area contributed by atoms with Crippen LogP contribution in [0.5, 0.6) is 0 Å². The number of rotatable bonds is 6. The number of hydrogen-bond donors (Lipinski definition) is 2. The van der Waals surface area contributed by atoms with Gasteiger partial charge < -0.3 is 15.3 Å². The van der Waals surface area contributed by atoms with Gasteiger partial charge in [-0.25, -0.2) is 4.79 Å². The molecule has 1 amide bonds. The van der Waals surface area contributed by atoms with E-state index in [0.717, 1.165) is 25.8 Å². The first-order valence-corrected chi connectivity index (χ1v) is 7.15. The summed E-state index contributed by atoms with van der Waals surface area (Å²) < 4.78 is 0. The summed E-state index contributed by atoms with van der Waals surface area (Å²) in [6.45, 7) is 7.15. The molecule has 0 saturated carbocycles. The number of piperidine rings is 1. The first-order valence-electron chi connectivity index (χ1n) is 7.15. The fourth-order valence-electron chi connectivity index (χ4n) is 2.51. The van der Waals surface area contributed by atoms with Gasteiger partial charge in [0, 0.05) is 19.0 Å². The van der Waals surface area contributed by atoms with E-state index in [9.17, 15) is 14.7 Å². The van der Waals surface area contributed by atoms with E-state index >= 15 is 0 Å². The molecule has 1 unspecified atom stereocenters. The highest BCUT2D eigenvalue weighted by Gasteiger charge is 2.43. The maximum Gasteiger partial charge on any atom is 0.329 e. The van der Waals surface area contributed by atoms with E-state index in [4.69, 9.17) is 0 Å². The highest BCUT2D eigenvalue weighted by Crippen LogP contribution is 2.28. The molecule has 1 fully saturated rings. The average molecular weight is 270 g/mol. The smallest absolute Gasteiger partial charge is 0.329 e. The summed E-state index contributed by atoms with van der Waals surface area (Å²) in [7, 11) is 0. The quantitative estimate of drug-likeness (QED) is 0.720. The molecule has 0 aromatic carbocycles. The van der Waals surface area contributed by atoms with Crippen molar-refractivity contribution in [2.24, 2.45) is 0 Å². The van der Waals surface area contributed by atoms with Gasteiger partial charge >= 0.3 is 5.97 Å². The van der Waals surface area contributed by atoms with Crippen LogP contribution in [-0.2, 0) is 9.59 Å². The Hall–Kier alpha value is -1.10. The Labute approximate surface area is 115 Å². The second-order valence-electron chi connectivity index (χ2n) is 5.79. The fourth-order valence-corrected chi connectivity index (χ4v) is 2.51. The number of nitrogens with one attached hydrogen (secondary N) is 1. The number of carboxylic acid groups (broad SMARTS) is 1. The Bertz CT molecular complexity index is 331. The van der Waals surface area contributed by atoms with E-state index in [0.29, 0.717) is 25.4 Å². The van der Waals surface area contributed by atoms with Crippen molar-refractivity contribution in [3.8, 4) is 0 Å². The lowest BCUT2D eigenvalue weighted by Gasteiger charge is -2.41. The first kappa shape index (κ1) is 16.0. The van der Waals surface area contributed by atoms with Gasteiger partial charge in [0.25, 0.3) is 0 Å². The van der Waals surface area contributed by atoms with Gasteiger partial charge in [-0.05, 0) is 39.2 Å². The highest BCUT2D eigenvalue weighted by atomic mass is 16.4. The van der Waals surface area contributed by atoms with Gasteiger partial charge in [-0.1, -0.05) is 13.8 Å². The number of carbonyl (C=O) groups is 2. The van der Waals surface area contributed by atoms with Crippen molar-refractivity contribution in [3.05, 3.63) is 0 Å². The standard InChI is InChI=1S/C14H26N2O3/c1-11(2)15-9-6-7-12(17)16-10-5-4-8-14(16,3)13(18)19/h11,15H,4-10H2,1-3H3,(H,18,19). The number of nitrogens with zero attached hydrogens (tertiary/aromatic N) is 1. The molecule has 1 rings (SSSR count). The molecule has 5 heteroatoms. The molecule has 1 aliphatic heterocycles. The number of carboxylic acids is 1. The molecule has 2 N–H and O–H groups in total. The van der Waals surface area contributed by atoms with Crippen molar-refractivity contribution in [3.63, 3.8) is 0 Å². The first-order chi connectivity index (χ1) is 8.88. The van der Waals surface area contributed by atoms with E-state index in [-0.39, 0.29) is 5.91 Å². The van der Waals surface area contributed by atoms with E-state index in [1.54, 1.807) is 11.8 Å². The minimum Gasteiger partial charge on any atom is -0.480 e. The Morgan fingerprint density at radius 1 is 1.37 bits per heavy atom. The molecule has 0 bridgehead atoms. The molecular weight excluding hydrogens is 244 g/mol. The lowest BCUT2D eigenvalue weighted by atomic mass is 9.88. The van der Waals surface area contributed by atoms with Crippen molar-refractivity contribution in [1.82, 2.24) is 10.2 Å². The highest BCUT2D eigenvalue weighted by molar-refractivity contribution is 5.87. The number of carbonyl (C=O) groups excluding carboxylic acids is 1. The van der Waals surface area contributed by atoms with Crippen molar-refractivity contribution >= 4 is 11.9 Å². The molecular formula is C14H26N2O3. The fraction of sp³-hybridized carbons (Fsp3) is 0.857. The summed E-state index contributed by atoms with van der Waals surface area (Å²) in [6.07, 6.45) is 3.50. The molecule has 1 saturated heterocycles. The Morgan fingerprint density at radius 2 is 2.05 bits per heavy atom. The third-order valence-corrected chi connectivity index (χ3v) is 3.77. The van der Waals surface area contributed by atoms with Crippen LogP contribution in [-0.4, -0.2) is 46.6 Å². The molecule has 19 heavy (non-hydrogen) atoms. The Balaban J connectivity index is 2.51. The number of hydrogen-bond acceptors (Lipinski definition) is 3. The lowest BCUT2D eigenvalue weighted by Crippen LogP contribution is -2.57. The SMILES string of the molecule is CC(C)NCCCC(=O)N1CCCCC1(C)C(=O)O. The monoisotopic (exact) mass is 270 g/mol. The molecule has 1 aliphatic rings. The Kier molecular flexibility index (Phi) is 5.79. The summed E-state index contributed by atoms with van der Waals surface area (Å²) in [6, 6.07) is 0.411. The van der Waals surface area contributed by atoms with Crippen molar-refractivity contribution in [2.45, 2.75) is 64.5 Å². The van der Waals surface area contributed by atoms with Gasteiger partial charge in [-0.3, -0.25) is 4.79 Å². The second kappa shape index (κ2) is 6.89. The van der Waals surface area contributed by atoms with Gasteiger partial charge in [-0.2, -0.15) is 0 Å². The summed E-state index contributed by atoms with van der Waals surface area (Å²) in [4.78, 5) is 25.2. The van der Waals surface area contributed by atoms with Gasteiger partial charge in [-0.15, -0.1) is 0 Å². The van der Waals surface area contributed by atoms with E-state index in [1.807, 2.05) is 0 Å². The topological polar surface area (TPSA) is 69.6 Å². The molecule has 1 heterocycles. The van der Waals surface area contributed by atoms with E-state index in [2.05, 4.69) is 19.2 Å². The van der Waals surface area contributed by atoms with Crippen LogP contribution >= 0.6 is 0 Å². The van der Waals surface area contributed by atoms with Crippen LogP contribution in [0.1, 0.15) is 52.9 Å². The third-order valence-electron chi connectivity index (χ3n) is 3.77. The lowest BCUT2D eigenvalue weighted by molar-refractivity contribution is -0.161. The molecule has 110 valence electrons. The maximum atomic E-state index is 12.2. The zero-order valence-corrected chi connectivity index (χ0v) is 12.2. The second-order valence-corrected chi connectivity index (χ2v) is 5.79. The van der Waals surface area contributed by atoms with Crippen LogP contribution in [0.4, 0.5) is 0 Å². The Morgan fingerprint density at radius 3 is 2.63 bits per heavy atom. The van der Waals surface area contributed by atoms with Crippen LogP contribution in [0.15, 0.2) is 0 Å². The van der Waals surface area contributed by atoms with Gasteiger partial charge in [0.2, 0.25) is 5.91 Å². The predicted octanol–water partition coefficient (Wildman–Crippen LogP) is 1.62. The predicted molar refractivity (Wildman–Crippen MR) is 74.0 cm³/mol. The number of aliphatic carboxylic acids is 1. The van der Waals surface area contributed by atoms with Crippen LogP contribution in [0.25, 0.3) is 0 Å². The minimum atomic E-state index is -1.01. The molecule has 0 spiro atoms. The summed E-state index contributed by atoms with van der Waals surface area (Å²) in [5.41, 5.74) is -1.01. The minimum absolute atomic E-state index is 0.0323. The zero-order chi connectivity index (χ0) is 14.5. The van der Waals surface area contributed by atoms with Gasteiger partial charge in [0.05, 0.1) is 0 Å². The molecule has 0 aromatic heterocycles. The van der Waals surface area contributed by atoms with Gasteiger partial charge in [0.1, 0.15) is 5.54 Å². The molecule has 0 radical (unpaired) electrons. The van der Waals surface area contributed by atoms with Crippen molar-refractivity contribution in [1.29, 1.82) is 0 Å². The normalized spacial score (nSPS) is 23.7. The van der Waals surface area contributed by atoms with Crippen molar-refractivity contribution < 1.29 is 14.7 Å². The number of amides is 1. The van der Waals surface area contributed by atoms with Crippen LogP contribution in [0, 0.1) is 0 Å². The maximum absolute atomic E-state index is 12.2. The molecule has 0 aliphatic carbocycles. The summed E-state index contributed by atoms with van der Waals surface area (Å²) >= 11 is 0. The largest absolute Gasteiger partial charge is 0.480 e. The number of likely N-dealkylation sites (tertiary alicyclic amines) is 1. The average Bonchev–Trinajstić information content (AvgIpc) is 2.34. The van der Waals surface area contributed by atoms with Gasteiger partial charge in [0.15, 0.2) is 0 Å². The third kappa shape index (κ3) is 4.20. The van der Waals surface area contributed by atoms with Crippen LogP contribution in [0.2, 0.25) is 0 Å². The van der Waals surface area contributed by atoms with Crippen molar-refractivity contribution in [2.75, 3.05) is 13.1 Å².